The number of benzene rings is 2. The summed E-state index contributed by atoms with van der Waals surface area (Å²) in [6, 6.07) is 16.2. The minimum Gasteiger partial charge on any atom is -0.492 e. The summed E-state index contributed by atoms with van der Waals surface area (Å²) in [5.74, 6) is 0.424. The third kappa shape index (κ3) is 4.25. The van der Waals surface area contributed by atoms with Crippen molar-refractivity contribution in [1.82, 2.24) is 0 Å². The Morgan fingerprint density at radius 2 is 1.91 bits per heavy atom. The van der Waals surface area contributed by atoms with Gasteiger partial charge < -0.3 is 15.8 Å². The fraction of sp³-hybridized carbons (Fsp3) is 0.176. The van der Waals surface area contributed by atoms with Crippen LogP contribution in [0.15, 0.2) is 48.5 Å². The average Bonchev–Trinajstić information content (AvgIpc) is 2.54. The van der Waals surface area contributed by atoms with Crippen LogP contribution in [0.1, 0.15) is 18.4 Å². The number of rotatable bonds is 6. The highest BCUT2D eigenvalue weighted by molar-refractivity contribution is 5.93. The number of carbonyl (C=O) groups excluding carboxylic acids is 1. The molecule has 0 saturated carbocycles. The van der Waals surface area contributed by atoms with E-state index in [1.165, 1.54) is 0 Å². The number of nitriles is 1. The molecule has 0 radical (unpaired) electrons. The summed E-state index contributed by atoms with van der Waals surface area (Å²) in [5.41, 5.74) is 7.40. The molecule has 5 heteroatoms. The number of anilines is 2. The fourth-order valence-corrected chi connectivity index (χ4v) is 1.92. The fourth-order valence-electron chi connectivity index (χ4n) is 1.92. The second-order valence-corrected chi connectivity index (χ2v) is 4.70. The van der Waals surface area contributed by atoms with Crippen molar-refractivity contribution in [3.05, 3.63) is 54.1 Å². The Bertz CT molecular complexity index is 692. The topological polar surface area (TPSA) is 88.1 Å². The zero-order chi connectivity index (χ0) is 15.8. The molecule has 0 atom stereocenters. The molecule has 0 aliphatic heterocycles. The van der Waals surface area contributed by atoms with E-state index in [4.69, 9.17) is 15.7 Å². The lowest BCUT2D eigenvalue weighted by Gasteiger charge is -2.09. The molecule has 0 heterocycles. The van der Waals surface area contributed by atoms with Crippen LogP contribution in [-0.4, -0.2) is 12.5 Å². The molecular formula is C17H17N3O2. The molecule has 2 aromatic rings. The van der Waals surface area contributed by atoms with Crippen molar-refractivity contribution in [2.24, 2.45) is 0 Å². The van der Waals surface area contributed by atoms with Gasteiger partial charge in [-0.3, -0.25) is 4.79 Å². The molecule has 0 fully saturated rings. The number of hydrogen-bond acceptors (Lipinski definition) is 4. The van der Waals surface area contributed by atoms with E-state index in [1.54, 1.807) is 36.4 Å². The van der Waals surface area contributed by atoms with E-state index >= 15 is 0 Å². The molecule has 0 saturated heterocycles. The summed E-state index contributed by atoms with van der Waals surface area (Å²) in [4.78, 5) is 11.8. The van der Waals surface area contributed by atoms with Crippen LogP contribution in [-0.2, 0) is 4.79 Å². The molecular weight excluding hydrogens is 278 g/mol. The van der Waals surface area contributed by atoms with E-state index in [9.17, 15) is 4.79 Å². The van der Waals surface area contributed by atoms with Crippen molar-refractivity contribution < 1.29 is 9.53 Å². The first-order valence-electron chi connectivity index (χ1n) is 6.97. The molecule has 2 rings (SSSR count). The molecule has 22 heavy (non-hydrogen) atoms. The summed E-state index contributed by atoms with van der Waals surface area (Å²) in [5, 5.41) is 11.7. The van der Waals surface area contributed by atoms with Crippen LogP contribution in [0.5, 0.6) is 5.75 Å². The molecule has 0 aliphatic carbocycles. The van der Waals surface area contributed by atoms with Crippen molar-refractivity contribution in [2.45, 2.75) is 12.8 Å². The first kappa shape index (κ1) is 15.4. The Hall–Kier alpha value is -3.00. The van der Waals surface area contributed by atoms with Crippen molar-refractivity contribution in [3.63, 3.8) is 0 Å². The van der Waals surface area contributed by atoms with E-state index in [-0.39, 0.29) is 5.91 Å². The number of nitrogens with one attached hydrogen (secondary N) is 1. The molecule has 3 N–H and O–H groups in total. The predicted molar refractivity (Wildman–Crippen MR) is 85.4 cm³/mol. The molecule has 112 valence electrons. The van der Waals surface area contributed by atoms with Gasteiger partial charge in [0.05, 0.1) is 23.5 Å². The summed E-state index contributed by atoms with van der Waals surface area (Å²) in [6.45, 7) is 0.371. The van der Waals surface area contributed by atoms with Gasteiger partial charge in [0, 0.05) is 6.42 Å². The maximum Gasteiger partial charge on any atom is 0.224 e. The summed E-state index contributed by atoms with van der Waals surface area (Å²) >= 11 is 0. The van der Waals surface area contributed by atoms with E-state index in [2.05, 4.69) is 11.4 Å². The maximum atomic E-state index is 11.8. The number of para-hydroxylation sites is 3. The molecule has 5 nitrogen and oxygen atoms in total. The number of amides is 1. The molecule has 0 unspecified atom stereocenters. The normalized spacial score (nSPS) is 9.77. The van der Waals surface area contributed by atoms with Crippen LogP contribution >= 0.6 is 0 Å². The quantitative estimate of drug-likeness (QED) is 0.633. The number of nitrogens with zero attached hydrogens (tertiary/aromatic N) is 1. The Labute approximate surface area is 129 Å². The minimum atomic E-state index is -0.116. The minimum absolute atomic E-state index is 0.116. The lowest BCUT2D eigenvalue weighted by molar-refractivity contribution is -0.116. The van der Waals surface area contributed by atoms with Crippen LogP contribution in [0.4, 0.5) is 11.4 Å². The summed E-state index contributed by atoms with van der Waals surface area (Å²) in [7, 11) is 0. The van der Waals surface area contributed by atoms with Crippen molar-refractivity contribution >= 4 is 17.3 Å². The van der Waals surface area contributed by atoms with Gasteiger partial charge in [-0.2, -0.15) is 5.26 Å². The van der Waals surface area contributed by atoms with Gasteiger partial charge in [0.1, 0.15) is 11.8 Å². The monoisotopic (exact) mass is 295 g/mol. The van der Waals surface area contributed by atoms with Crippen LogP contribution in [0.25, 0.3) is 0 Å². The Morgan fingerprint density at radius 1 is 1.18 bits per heavy atom. The van der Waals surface area contributed by atoms with Gasteiger partial charge in [0.15, 0.2) is 0 Å². The second kappa shape index (κ2) is 7.70. The average molecular weight is 295 g/mol. The van der Waals surface area contributed by atoms with E-state index in [0.717, 1.165) is 0 Å². The predicted octanol–water partition coefficient (Wildman–Crippen LogP) is 2.94. The number of hydrogen-bond donors (Lipinski definition) is 2. The van der Waals surface area contributed by atoms with E-state index in [0.29, 0.717) is 42.1 Å². The van der Waals surface area contributed by atoms with Crippen LogP contribution in [0, 0.1) is 11.3 Å². The smallest absolute Gasteiger partial charge is 0.224 e. The first-order chi connectivity index (χ1) is 10.7. The zero-order valence-electron chi connectivity index (χ0n) is 12.1. The van der Waals surface area contributed by atoms with Crippen LogP contribution in [0.3, 0.4) is 0 Å². The molecule has 2 aromatic carbocycles. The van der Waals surface area contributed by atoms with Gasteiger partial charge in [0.25, 0.3) is 0 Å². The summed E-state index contributed by atoms with van der Waals surface area (Å²) < 4.78 is 5.53. The number of nitrogens with two attached hydrogens (primary N) is 1. The van der Waals surface area contributed by atoms with Gasteiger partial charge in [-0.1, -0.05) is 24.3 Å². The number of nitrogen functional groups attached to an aromatic ring is 1. The SMILES string of the molecule is N#Cc1ccccc1OCCCC(=O)Nc1ccccc1N. The van der Waals surface area contributed by atoms with E-state index in [1.807, 2.05) is 12.1 Å². The largest absolute Gasteiger partial charge is 0.492 e. The highest BCUT2D eigenvalue weighted by Gasteiger charge is 2.06. The highest BCUT2D eigenvalue weighted by Crippen LogP contribution is 2.18. The summed E-state index contributed by atoms with van der Waals surface area (Å²) in [6.07, 6.45) is 0.876. The van der Waals surface area contributed by atoms with Gasteiger partial charge in [0.2, 0.25) is 5.91 Å². The van der Waals surface area contributed by atoms with Crippen molar-refractivity contribution in [1.29, 1.82) is 5.26 Å². The zero-order valence-corrected chi connectivity index (χ0v) is 12.1. The highest BCUT2D eigenvalue weighted by atomic mass is 16.5. The van der Waals surface area contributed by atoms with Gasteiger partial charge in [-0.15, -0.1) is 0 Å². The maximum absolute atomic E-state index is 11.8. The Balaban J connectivity index is 1.76. The van der Waals surface area contributed by atoms with Gasteiger partial charge in [-0.05, 0) is 30.7 Å². The van der Waals surface area contributed by atoms with Gasteiger partial charge in [-0.25, -0.2) is 0 Å². The second-order valence-electron chi connectivity index (χ2n) is 4.70. The lowest BCUT2D eigenvalue weighted by Crippen LogP contribution is -2.14. The molecule has 0 spiro atoms. The number of ether oxygens (including phenoxy) is 1. The molecule has 0 aliphatic rings. The third-order valence-corrected chi connectivity index (χ3v) is 3.05. The van der Waals surface area contributed by atoms with Crippen LogP contribution < -0.4 is 15.8 Å². The third-order valence-electron chi connectivity index (χ3n) is 3.05. The molecule has 1 amide bonds. The molecule has 0 aromatic heterocycles. The molecule has 0 bridgehead atoms. The van der Waals surface area contributed by atoms with Crippen molar-refractivity contribution in [2.75, 3.05) is 17.7 Å². The first-order valence-corrected chi connectivity index (χ1v) is 6.97. The van der Waals surface area contributed by atoms with E-state index < -0.39 is 0 Å². The number of carbonyl (C=O) groups is 1. The Kier molecular flexibility index (Phi) is 5.38. The van der Waals surface area contributed by atoms with Gasteiger partial charge >= 0.3 is 0 Å². The Morgan fingerprint density at radius 3 is 2.68 bits per heavy atom. The standard InChI is InChI=1S/C17H17N3O2/c18-12-13-6-1-4-9-16(13)22-11-5-10-17(21)20-15-8-3-2-7-14(15)19/h1-4,6-9H,5,10-11,19H2,(H,20,21). The van der Waals surface area contributed by atoms with Crippen molar-refractivity contribution in [3.8, 4) is 11.8 Å². The van der Waals surface area contributed by atoms with Crippen LogP contribution in [0.2, 0.25) is 0 Å². The lowest BCUT2D eigenvalue weighted by atomic mass is 10.2.